The van der Waals surface area contributed by atoms with Gasteiger partial charge in [-0.3, -0.25) is 14.9 Å². The summed E-state index contributed by atoms with van der Waals surface area (Å²) in [6.45, 7) is 1.57. The van der Waals surface area contributed by atoms with E-state index >= 15 is 0 Å². The molecule has 0 saturated carbocycles. The Bertz CT molecular complexity index is 701. The second kappa shape index (κ2) is 6.41. The van der Waals surface area contributed by atoms with Crippen LogP contribution in [0.5, 0.6) is 0 Å². The molecule has 5 nitrogen and oxygen atoms in total. The fourth-order valence-corrected chi connectivity index (χ4v) is 2.43. The van der Waals surface area contributed by atoms with Crippen molar-refractivity contribution in [2.45, 2.75) is 11.8 Å². The summed E-state index contributed by atoms with van der Waals surface area (Å²) in [5.41, 5.74) is 1.28. The van der Waals surface area contributed by atoms with Gasteiger partial charge < -0.3 is 5.32 Å². The second-order valence-electron chi connectivity index (χ2n) is 4.39. The number of benzene rings is 2. The van der Waals surface area contributed by atoms with Gasteiger partial charge in [0, 0.05) is 27.8 Å². The topological polar surface area (TPSA) is 72.2 Å². The third-order valence-electron chi connectivity index (χ3n) is 3.07. The predicted octanol–water partition coefficient (Wildman–Crippen LogP) is 3.88. The number of hydrogen-bond donors (Lipinski definition) is 1. The SMILES string of the molecule is CSc1cccc(NC(=O)c2cccc([N+](=O)[O-])c2C)c1. The first-order chi connectivity index (χ1) is 10.0. The molecule has 0 aliphatic carbocycles. The monoisotopic (exact) mass is 302 g/mol. The Morgan fingerprint density at radius 2 is 1.95 bits per heavy atom. The van der Waals surface area contributed by atoms with E-state index in [-0.39, 0.29) is 11.6 Å². The molecule has 0 radical (unpaired) electrons. The minimum atomic E-state index is -0.486. The van der Waals surface area contributed by atoms with Gasteiger partial charge in [-0.25, -0.2) is 0 Å². The van der Waals surface area contributed by atoms with Crippen LogP contribution < -0.4 is 5.32 Å². The maximum absolute atomic E-state index is 12.3. The number of nitro groups is 1. The van der Waals surface area contributed by atoms with Gasteiger partial charge in [0.15, 0.2) is 0 Å². The summed E-state index contributed by atoms with van der Waals surface area (Å²) in [7, 11) is 0. The summed E-state index contributed by atoms with van der Waals surface area (Å²) in [6.07, 6.45) is 1.95. The molecule has 1 N–H and O–H groups in total. The highest BCUT2D eigenvalue weighted by atomic mass is 32.2. The van der Waals surface area contributed by atoms with Gasteiger partial charge in [-0.2, -0.15) is 0 Å². The van der Waals surface area contributed by atoms with E-state index in [0.29, 0.717) is 16.8 Å². The van der Waals surface area contributed by atoms with Gasteiger partial charge in [-0.1, -0.05) is 12.1 Å². The van der Waals surface area contributed by atoms with Crippen molar-refractivity contribution in [1.29, 1.82) is 0 Å². The van der Waals surface area contributed by atoms with Gasteiger partial charge in [0.1, 0.15) is 0 Å². The third kappa shape index (κ3) is 3.41. The highest BCUT2D eigenvalue weighted by molar-refractivity contribution is 7.98. The van der Waals surface area contributed by atoms with Crippen molar-refractivity contribution in [2.75, 3.05) is 11.6 Å². The predicted molar refractivity (Wildman–Crippen MR) is 84.0 cm³/mol. The molecule has 0 fully saturated rings. The molecular weight excluding hydrogens is 288 g/mol. The van der Waals surface area contributed by atoms with Crippen LogP contribution in [-0.4, -0.2) is 17.1 Å². The van der Waals surface area contributed by atoms with Gasteiger partial charge in [0.05, 0.1) is 4.92 Å². The highest BCUT2D eigenvalue weighted by Gasteiger charge is 2.17. The lowest BCUT2D eigenvalue weighted by Gasteiger charge is -2.08. The first-order valence-corrected chi connectivity index (χ1v) is 7.45. The number of carbonyl (C=O) groups is 1. The van der Waals surface area contributed by atoms with Crippen LogP contribution in [-0.2, 0) is 0 Å². The van der Waals surface area contributed by atoms with Crippen molar-refractivity contribution in [2.24, 2.45) is 0 Å². The number of carbonyl (C=O) groups excluding carboxylic acids is 1. The van der Waals surface area contributed by atoms with E-state index in [1.807, 2.05) is 24.5 Å². The molecule has 0 spiro atoms. The molecule has 0 aliphatic heterocycles. The molecule has 1 amide bonds. The molecule has 6 heteroatoms. The van der Waals surface area contributed by atoms with Crippen molar-refractivity contribution >= 4 is 29.0 Å². The molecule has 0 atom stereocenters. The van der Waals surface area contributed by atoms with E-state index < -0.39 is 4.92 Å². The van der Waals surface area contributed by atoms with Crippen LogP contribution in [0.2, 0.25) is 0 Å². The van der Waals surface area contributed by atoms with Gasteiger partial charge in [0.25, 0.3) is 11.6 Å². The fourth-order valence-electron chi connectivity index (χ4n) is 1.97. The lowest BCUT2D eigenvalue weighted by molar-refractivity contribution is -0.385. The van der Waals surface area contributed by atoms with Crippen LogP contribution in [0, 0.1) is 17.0 Å². The van der Waals surface area contributed by atoms with Crippen LogP contribution in [0.25, 0.3) is 0 Å². The molecule has 0 bridgehead atoms. The van der Waals surface area contributed by atoms with Crippen LogP contribution in [0.4, 0.5) is 11.4 Å². The van der Waals surface area contributed by atoms with Crippen molar-refractivity contribution in [3.05, 3.63) is 63.7 Å². The van der Waals surface area contributed by atoms with Gasteiger partial charge in [-0.15, -0.1) is 11.8 Å². The molecule has 0 saturated heterocycles. The molecule has 2 rings (SSSR count). The summed E-state index contributed by atoms with van der Waals surface area (Å²) < 4.78 is 0. The van der Waals surface area contributed by atoms with E-state index in [0.717, 1.165) is 4.90 Å². The first kappa shape index (κ1) is 15.1. The fraction of sp³-hybridized carbons (Fsp3) is 0.133. The molecule has 2 aromatic rings. The number of nitro benzene ring substituents is 1. The lowest BCUT2D eigenvalue weighted by Crippen LogP contribution is -2.14. The molecule has 21 heavy (non-hydrogen) atoms. The number of nitrogens with one attached hydrogen (secondary N) is 1. The average molecular weight is 302 g/mol. The molecule has 2 aromatic carbocycles. The molecule has 108 valence electrons. The Kier molecular flexibility index (Phi) is 4.59. The van der Waals surface area contributed by atoms with E-state index in [1.54, 1.807) is 30.8 Å². The van der Waals surface area contributed by atoms with Gasteiger partial charge in [-0.05, 0) is 37.4 Å². The summed E-state index contributed by atoms with van der Waals surface area (Å²) in [6, 6.07) is 11.9. The van der Waals surface area contributed by atoms with E-state index in [4.69, 9.17) is 0 Å². The Balaban J connectivity index is 2.28. The van der Waals surface area contributed by atoms with E-state index in [2.05, 4.69) is 5.32 Å². The maximum Gasteiger partial charge on any atom is 0.273 e. The average Bonchev–Trinajstić information content (AvgIpc) is 2.47. The van der Waals surface area contributed by atoms with Crippen molar-refractivity contribution in [3.8, 4) is 0 Å². The lowest BCUT2D eigenvalue weighted by atomic mass is 10.1. The summed E-state index contributed by atoms with van der Waals surface area (Å²) in [5.74, 6) is -0.352. The second-order valence-corrected chi connectivity index (χ2v) is 5.27. The molecule has 0 unspecified atom stereocenters. The minimum Gasteiger partial charge on any atom is -0.322 e. The summed E-state index contributed by atoms with van der Waals surface area (Å²) >= 11 is 1.57. The highest BCUT2D eigenvalue weighted by Crippen LogP contribution is 2.23. The number of amides is 1. The van der Waals surface area contributed by atoms with Crippen LogP contribution >= 0.6 is 11.8 Å². The Morgan fingerprint density at radius 1 is 1.24 bits per heavy atom. The van der Waals surface area contributed by atoms with Gasteiger partial charge in [0.2, 0.25) is 0 Å². The van der Waals surface area contributed by atoms with Crippen molar-refractivity contribution in [1.82, 2.24) is 0 Å². The first-order valence-electron chi connectivity index (χ1n) is 6.22. The number of hydrogen-bond acceptors (Lipinski definition) is 4. The smallest absolute Gasteiger partial charge is 0.273 e. The third-order valence-corrected chi connectivity index (χ3v) is 3.80. The quantitative estimate of drug-likeness (QED) is 0.528. The van der Waals surface area contributed by atoms with Crippen LogP contribution in [0.1, 0.15) is 15.9 Å². The molecule has 0 aromatic heterocycles. The number of rotatable bonds is 4. The number of nitrogens with zero attached hydrogens (tertiary/aromatic N) is 1. The zero-order valence-corrected chi connectivity index (χ0v) is 12.4. The molecular formula is C15H14N2O3S. The maximum atomic E-state index is 12.3. The molecule has 0 aliphatic rings. The largest absolute Gasteiger partial charge is 0.322 e. The van der Waals surface area contributed by atoms with Gasteiger partial charge >= 0.3 is 0 Å². The summed E-state index contributed by atoms with van der Waals surface area (Å²) in [4.78, 5) is 23.7. The Hall–Kier alpha value is -2.34. The normalized spacial score (nSPS) is 10.2. The van der Waals surface area contributed by atoms with Crippen molar-refractivity contribution in [3.63, 3.8) is 0 Å². The van der Waals surface area contributed by atoms with Crippen LogP contribution in [0.15, 0.2) is 47.4 Å². The van der Waals surface area contributed by atoms with Crippen molar-refractivity contribution < 1.29 is 9.72 Å². The standard InChI is InChI=1S/C15H14N2O3S/c1-10-13(7-4-8-14(10)17(19)20)15(18)16-11-5-3-6-12(9-11)21-2/h3-9H,1-2H3,(H,16,18). The van der Waals surface area contributed by atoms with E-state index in [9.17, 15) is 14.9 Å². The van der Waals surface area contributed by atoms with Crippen LogP contribution in [0.3, 0.4) is 0 Å². The molecule has 0 heterocycles. The number of anilines is 1. The number of thioether (sulfide) groups is 1. The minimum absolute atomic E-state index is 0.0551. The Morgan fingerprint density at radius 3 is 2.62 bits per heavy atom. The zero-order chi connectivity index (χ0) is 15.4. The summed E-state index contributed by atoms with van der Waals surface area (Å²) in [5, 5.41) is 13.7. The zero-order valence-electron chi connectivity index (χ0n) is 11.6. The van der Waals surface area contributed by atoms with E-state index in [1.165, 1.54) is 12.1 Å². The Labute approximate surface area is 126 Å².